The molecule has 8 rings (SSSR count). The lowest BCUT2D eigenvalue weighted by molar-refractivity contribution is -0.227. The number of esters is 3. The van der Waals surface area contributed by atoms with Crippen LogP contribution >= 0.6 is 0 Å². The number of ketones is 2. The van der Waals surface area contributed by atoms with Crippen molar-refractivity contribution in [1.29, 1.82) is 0 Å². The molecule has 0 spiro atoms. The van der Waals surface area contributed by atoms with E-state index in [1.54, 1.807) is 26.8 Å². The molecule has 0 radical (unpaired) electrons. The fourth-order valence-electron chi connectivity index (χ4n) is 9.07. The summed E-state index contributed by atoms with van der Waals surface area (Å²) < 4.78 is 34.2. The summed E-state index contributed by atoms with van der Waals surface area (Å²) in [6.07, 6.45) is -3.36. The number of amides is 1. The average molecular weight is 826 g/mol. The minimum Gasteiger partial charge on any atom is -0.506 e. The molecular weight excluding hydrogens is 782 g/mol. The smallest absolute Gasteiger partial charge is 0.337 e. The maximum Gasteiger partial charge on any atom is 0.337 e. The molecular formula is C44H43NO15. The van der Waals surface area contributed by atoms with Crippen LogP contribution in [0.5, 0.6) is 11.5 Å². The van der Waals surface area contributed by atoms with Crippen molar-refractivity contribution in [2.45, 2.75) is 104 Å². The third kappa shape index (κ3) is 6.31. The van der Waals surface area contributed by atoms with Gasteiger partial charge in [-0.05, 0) is 74.4 Å². The molecule has 2 fully saturated rings. The summed E-state index contributed by atoms with van der Waals surface area (Å²) >= 11 is 0. The third-order valence-electron chi connectivity index (χ3n) is 11.7. The first-order valence-corrected chi connectivity index (χ1v) is 19.7. The van der Waals surface area contributed by atoms with Gasteiger partial charge in [-0.1, -0.05) is 26.8 Å². The summed E-state index contributed by atoms with van der Waals surface area (Å²) in [5, 5.41) is 22.6. The van der Waals surface area contributed by atoms with Gasteiger partial charge in [-0.25, -0.2) is 4.79 Å². The molecule has 314 valence electrons. The number of phenols is 1. The summed E-state index contributed by atoms with van der Waals surface area (Å²) in [7, 11) is 0. The highest BCUT2D eigenvalue weighted by molar-refractivity contribution is 6.32. The monoisotopic (exact) mass is 825 g/mol. The molecule has 4 aromatic rings. The van der Waals surface area contributed by atoms with Crippen LogP contribution < -0.4 is 10.2 Å². The molecule has 3 aliphatic heterocycles. The lowest BCUT2D eigenvalue weighted by Crippen LogP contribution is -2.61. The zero-order valence-electron chi connectivity index (χ0n) is 33.9. The van der Waals surface area contributed by atoms with Crippen molar-refractivity contribution < 1.29 is 67.1 Å². The molecule has 60 heavy (non-hydrogen) atoms. The Bertz CT molecular complexity index is 2630. The molecule has 16 nitrogen and oxygen atoms in total. The van der Waals surface area contributed by atoms with Crippen molar-refractivity contribution in [1.82, 2.24) is 4.90 Å². The Kier molecular flexibility index (Phi) is 9.66. The molecule has 1 aliphatic carbocycles. The van der Waals surface area contributed by atoms with E-state index in [4.69, 9.17) is 28.1 Å². The Morgan fingerprint density at radius 1 is 0.983 bits per heavy atom. The van der Waals surface area contributed by atoms with Crippen LogP contribution in [-0.2, 0) is 39.8 Å². The highest BCUT2D eigenvalue weighted by Crippen LogP contribution is 2.49. The topological polar surface area (TPSA) is 222 Å². The van der Waals surface area contributed by atoms with Crippen molar-refractivity contribution >= 4 is 57.1 Å². The summed E-state index contributed by atoms with van der Waals surface area (Å²) in [6, 6.07) is 8.57. The molecule has 3 aromatic carbocycles. The quantitative estimate of drug-likeness (QED) is 0.163. The number of aliphatic hydroxyl groups excluding tert-OH is 1. The van der Waals surface area contributed by atoms with E-state index in [1.807, 2.05) is 13.8 Å². The van der Waals surface area contributed by atoms with E-state index in [2.05, 4.69) is 0 Å². The number of hydrogen-bond acceptors (Lipinski definition) is 15. The number of nitrogens with zero attached hydrogens (tertiary/aromatic N) is 1. The van der Waals surface area contributed by atoms with Crippen LogP contribution in [0, 0.1) is 11.8 Å². The maximum atomic E-state index is 14.6. The summed E-state index contributed by atoms with van der Waals surface area (Å²) in [5.41, 5.74) is -5.25. The van der Waals surface area contributed by atoms with E-state index in [-0.39, 0.29) is 62.9 Å². The molecule has 1 amide bonds. The first-order valence-electron chi connectivity index (χ1n) is 19.7. The molecule has 7 unspecified atom stereocenters. The number of hydrogen-bond donors (Lipinski definition) is 2. The number of carbonyl (C=O) groups is 6. The van der Waals surface area contributed by atoms with Gasteiger partial charge in [-0.15, -0.1) is 0 Å². The zero-order chi connectivity index (χ0) is 43.3. The van der Waals surface area contributed by atoms with Gasteiger partial charge in [0.2, 0.25) is 23.3 Å². The molecule has 0 bridgehead atoms. The first kappa shape index (κ1) is 40.6. The zero-order valence-corrected chi connectivity index (χ0v) is 33.9. The number of benzene rings is 3. The van der Waals surface area contributed by atoms with E-state index >= 15 is 0 Å². The Morgan fingerprint density at radius 2 is 1.72 bits per heavy atom. The van der Waals surface area contributed by atoms with Gasteiger partial charge in [-0.3, -0.25) is 33.7 Å². The number of aromatic hydroxyl groups is 1. The molecule has 4 heterocycles. The number of rotatable bonds is 8. The Morgan fingerprint density at radius 3 is 2.40 bits per heavy atom. The van der Waals surface area contributed by atoms with Crippen molar-refractivity contribution in [3.05, 3.63) is 80.2 Å². The molecule has 4 aliphatic rings. The van der Waals surface area contributed by atoms with E-state index in [9.17, 15) is 43.8 Å². The average Bonchev–Trinajstić information content (AvgIpc) is 3.37. The molecule has 2 N–H and O–H groups in total. The Labute approximate surface area is 342 Å². The fourth-order valence-corrected chi connectivity index (χ4v) is 9.07. The van der Waals surface area contributed by atoms with Gasteiger partial charge in [0, 0.05) is 36.3 Å². The van der Waals surface area contributed by atoms with E-state index in [0.717, 1.165) is 4.90 Å². The SMILES string of the molecule is CC(=O)OC1C(O)CC(Oc2ccc3oc4c(c(=O)c3c2)C(=O)c2c(ccc3cc5c(c(O)c23)C(=O)N2C(C)(C5)OC(=O)C2(C)COC(=O)C(C)CC(C)C)C4=O)OC1C. The minimum absolute atomic E-state index is 0.0274. The van der Waals surface area contributed by atoms with Gasteiger partial charge >= 0.3 is 17.9 Å². The van der Waals surface area contributed by atoms with Crippen LogP contribution in [0.2, 0.25) is 0 Å². The highest BCUT2D eigenvalue weighted by atomic mass is 16.7. The lowest BCUT2D eigenvalue weighted by Gasteiger charge is -2.42. The van der Waals surface area contributed by atoms with Crippen molar-refractivity contribution in [2.75, 3.05) is 6.61 Å². The standard InChI is InChI=1S/C44H43NO15/c1-18(2)12-19(3)41(53)55-17-43(6)42(54)60-44(7)16-23-13-22-8-10-25-32(30(22)36(50)31(23)40(52)45(43)44)37(51)33-34(48)26-14-24(9-11-28(26)59-39(33)35(25)49)58-29-15-27(47)38(20(4)56-29)57-21(5)46/h8-11,13-14,18-20,27,29,38,47,50H,12,15-17H2,1-7H3. The fraction of sp³-hybridized carbons (Fsp3) is 0.432. The van der Waals surface area contributed by atoms with Crippen LogP contribution in [0.25, 0.3) is 21.7 Å². The van der Waals surface area contributed by atoms with Gasteiger partial charge < -0.3 is 38.3 Å². The van der Waals surface area contributed by atoms with Crippen LogP contribution in [-0.4, -0.2) is 93.0 Å². The third-order valence-corrected chi connectivity index (χ3v) is 11.7. The number of fused-ring (bicyclic) bond motifs is 7. The molecule has 1 aromatic heterocycles. The molecule has 16 heteroatoms. The number of phenolic OH excluding ortho intramolecular Hbond substituents is 1. The normalized spacial score (nSPS) is 26.3. The number of ether oxygens (including phenoxy) is 5. The van der Waals surface area contributed by atoms with Crippen LogP contribution in [0.15, 0.2) is 45.6 Å². The maximum absolute atomic E-state index is 14.6. The molecule has 2 saturated heterocycles. The minimum atomic E-state index is -1.78. The number of carbonyl (C=O) groups excluding carboxylic acids is 6. The van der Waals surface area contributed by atoms with Crippen molar-refractivity contribution in [3.63, 3.8) is 0 Å². The summed E-state index contributed by atoms with van der Waals surface area (Å²) in [6.45, 7) is 10.9. The second-order valence-electron chi connectivity index (χ2n) is 16.9. The van der Waals surface area contributed by atoms with E-state index < -0.39 is 106 Å². The van der Waals surface area contributed by atoms with E-state index in [0.29, 0.717) is 12.0 Å². The van der Waals surface area contributed by atoms with Crippen LogP contribution in [0.1, 0.15) is 109 Å². The highest BCUT2D eigenvalue weighted by Gasteiger charge is 2.64. The van der Waals surface area contributed by atoms with Gasteiger partial charge in [0.15, 0.2) is 23.1 Å². The first-order chi connectivity index (χ1) is 28.2. The Balaban J connectivity index is 1.15. The van der Waals surface area contributed by atoms with Gasteiger partial charge in [-0.2, -0.15) is 0 Å². The van der Waals surface area contributed by atoms with Crippen LogP contribution in [0.4, 0.5) is 0 Å². The number of aliphatic hydroxyl groups is 1. The summed E-state index contributed by atoms with van der Waals surface area (Å²) in [4.78, 5) is 96.4. The molecule has 7 atom stereocenters. The van der Waals surface area contributed by atoms with Gasteiger partial charge in [0.25, 0.3) is 5.91 Å². The van der Waals surface area contributed by atoms with Gasteiger partial charge in [0.1, 0.15) is 29.3 Å². The van der Waals surface area contributed by atoms with E-state index in [1.165, 1.54) is 44.2 Å². The predicted molar refractivity (Wildman–Crippen MR) is 208 cm³/mol. The van der Waals surface area contributed by atoms with Crippen molar-refractivity contribution in [2.24, 2.45) is 11.8 Å². The lowest BCUT2D eigenvalue weighted by atomic mass is 9.80. The predicted octanol–water partition coefficient (Wildman–Crippen LogP) is 4.49. The van der Waals surface area contributed by atoms with Crippen molar-refractivity contribution in [3.8, 4) is 11.5 Å². The summed E-state index contributed by atoms with van der Waals surface area (Å²) in [5.74, 6) is -5.85. The second-order valence-corrected chi connectivity index (χ2v) is 16.9. The molecule has 0 saturated carbocycles. The Hall–Kier alpha value is -6.13. The second kappa shape index (κ2) is 14.3. The van der Waals surface area contributed by atoms with Gasteiger partial charge in [0.05, 0.1) is 29.1 Å². The van der Waals surface area contributed by atoms with Crippen LogP contribution in [0.3, 0.4) is 0 Å². The largest absolute Gasteiger partial charge is 0.506 e.